The van der Waals surface area contributed by atoms with Gasteiger partial charge in [-0.05, 0) is 49.9 Å². The van der Waals surface area contributed by atoms with Crippen LogP contribution in [0.3, 0.4) is 0 Å². The molecule has 0 radical (unpaired) electrons. The van der Waals surface area contributed by atoms with Gasteiger partial charge in [0.15, 0.2) is 0 Å². The number of nitrogens with two attached hydrogens (primary N) is 1. The summed E-state index contributed by atoms with van der Waals surface area (Å²) in [6, 6.07) is 8.06. The molecule has 2 aliphatic heterocycles. The molecule has 22 heavy (non-hydrogen) atoms. The first-order valence-electron chi connectivity index (χ1n) is 8.08. The predicted octanol–water partition coefficient (Wildman–Crippen LogP) is 2.53. The lowest BCUT2D eigenvalue weighted by molar-refractivity contribution is -0.136. The number of amides is 1. The van der Waals surface area contributed by atoms with Gasteiger partial charge in [-0.2, -0.15) is 0 Å². The summed E-state index contributed by atoms with van der Waals surface area (Å²) in [6.45, 7) is 4.80. The average molecular weight is 324 g/mol. The van der Waals surface area contributed by atoms with Gasteiger partial charge in [0.25, 0.3) is 0 Å². The first-order chi connectivity index (χ1) is 10.2. The molecular weight excluding hydrogens is 298 g/mol. The van der Waals surface area contributed by atoms with Crippen molar-refractivity contribution in [3.8, 4) is 0 Å². The van der Waals surface area contributed by atoms with Gasteiger partial charge in [-0.3, -0.25) is 9.69 Å². The lowest BCUT2D eigenvalue weighted by Crippen LogP contribution is -2.43. The van der Waals surface area contributed by atoms with E-state index in [1.807, 2.05) is 18.2 Å². The van der Waals surface area contributed by atoms with E-state index in [1.165, 1.54) is 18.4 Å². The summed E-state index contributed by atoms with van der Waals surface area (Å²) in [6.07, 6.45) is 4.51. The third kappa shape index (κ3) is 4.14. The maximum atomic E-state index is 12.5. The van der Waals surface area contributed by atoms with E-state index in [9.17, 15) is 4.79 Å². The fourth-order valence-corrected chi connectivity index (χ4v) is 3.55. The van der Waals surface area contributed by atoms with Crippen LogP contribution in [0.15, 0.2) is 24.3 Å². The fraction of sp³-hybridized carbons (Fsp3) is 0.588. The first kappa shape index (κ1) is 17.1. The molecule has 2 saturated heterocycles. The standard InChI is InChI=1S/C17H25N3O.ClH/c18-16-7-3-5-14(11-16)12-19-8-4-6-15(13-19)17(21)20-9-1-2-10-20;/h3,5,7,11,15H,1-2,4,6,8-10,12-13,18H2;1H. The molecule has 0 bridgehead atoms. The van der Waals surface area contributed by atoms with Crippen LogP contribution in [0.1, 0.15) is 31.2 Å². The second-order valence-electron chi connectivity index (χ2n) is 6.35. The maximum Gasteiger partial charge on any atom is 0.226 e. The second kappa shape index (κ2) is 7.84. The van der Waals surface area contributed by atoms with Crippen molar-refractivity contribution < 1.29 is 4.79 Å². The Kier molecular flexibility index (Phi) is 6.09. The van der Waals surface area contributed by atoms with Crippen molar-refractivity contribution >= 4 is 24.0 Å². The molecule has 1 aromatic rings. The van der Waals surface area contributed by atoms with Crippen LogP contribution in [0.2, 0.25) is 0 Å². The number of benzene rings is 1. The van der Waals surface area contributed by atoms with Gasteiger partial charge in [-0.1, -0.05) is 12.1 Å². The minimum absolute atomic E-state index is 0. The van der Waals surface area contributed by atoms with Crippen molar-refractivity contribution in [1.82, 2.24) is 9.80 Å². The highest BCUT2D eigenvalue weighted by atomic mass is 35.5. The van der Waals surface area contributed by atoms with E-state index in [4.69, 9.17) is 5.73 Å². The third-order valence-corrected chi connectivity index (χ3v) is 4.63. The van der Waals surface area contributed by atoms with Gasteiger partial charge in [0.05, 0.1) is 5.92 Å². The minimum Gasteiger partial charge on any atom is -0.399 e. The first-order valence-corrected chi connectivity index (χ1v) is 8.08. The highest BCUT2D eigenvalue weighted by Gasteiger charge is 2.30. The zero-order chi connectivity index (χ0) is 14.7. The van der Waals surface area contributed by atoms with E-state index < -0.39 is 0 Å². The smallest absolute Gasteiger partial charge is 0.226 e. The zero-order valence-corrected chi connectivity index (χ0v) is 13.9. The van der Waals surface area contributed by atoms with Crippen LogP contribution >= 0.6 is 12.4 Å². The van der Waals surface area contributed by atoms with Gasteiger partial charge in [-0.15, -0.1) is 12.4 Å². The number of anilines is 1. The summed E-state index contributed by atoms with van der Waals surface area (Å²) in [7, 11) is 0. The Morgan fingerprint density at radius 1 is 1.18 bits per heavy atom. The molecule has 2 N–H and O–H groups in total. The van der Waals surface area contributed by atoms with Crippen LogP contribution in [0.25, 0.3) is 0 Å². The molecule has 4 nitrogen and oxygen atoms in total. The molecular formula is C17H26ClN3O. The van der Waals surface area contributed by atoms with Crippen molar-refractivity contribution in [1.29, 1.82) is 0 Å². The quantitative estimate of drug-likeness (QED) is 0.870. The largest absolute Gasteiger partial charge is 0.399 e. The fourth-order valence-electron chi connectivity index (χ4n) is 3.55. The molecule has 3 rings (SSSR count). The Bertz CT molecular complexity index is 502. The summed E-state index contributed by atoms with van der Waals surface area (Å²) < 4.78 is 0. The summed E-state index contributed by atoms with van der Waals surface area (Å²) >= 11 is 0. The number of nitrogen functional groups attached to an aromatic ring is 1. The Balaban J connectivity index is 0.00000176. The number of halogens is 1. The molecule has 0 aromatic heterocycles. The lowest BCUT2D eigenvalue weighted by Gasteiger charge is -2.34. The molecule has 1 atom stereocenters. The topological polar surface area (TPSA) is 49.6 Å². The summed E-state index contributed by atoms with van der Waals surface area (Å²) in [5.74, 6) is 0.572. The van der Waals surface area contributed by atoms with E-state index >= 15 is 0 Å². The van der Waals surface area contributed by atoms with E-state index in [0.717, 1.165) is 51.3 Å². The van der Waals surface area contributed by atoms with E-state index in [0.29, 0.717) is 5.91 Å². The lowest BCUT2D eigenvalue weighted by atomic mass is 9.96. The van der Waals surface area contributed by atoms with Gasteiger partial charge in [-0.25, -0.2) is 0 Å². The van der Waals surface area contributed by atoms with Crippen LogP contribution in [0, 0.1) is 5.92 Å². The number of rotatable bonds is 3. The van der Waals surface area contributed by atoms with E-state index in [-0.39, 0.29) is 18.3 Å². The number of nitrogens with zero attached hydrogens (tertiary/aromatic N) is 2. The average Bonchev–Trinajstić information content (AvgIpc) is 3.01. The monoisotopic (exact) mass is 323 g/mol. The van der Waals surface area contributed by atoms with Crippen molar-refractivity contribution in [2.24, 2.45) is 5.92 Å². The molecule has 2 heterocycles. The molecule has 1 aromatic carbocycles. The molecule has 0 aliphatic carbocycles. The summed E-state index contributed by atoms with van der Waals surface area (Å²) in [5.41, 5.74) is 7.90. The van der Waals surface area contributed by atoms with Gasteiger partial charge < -0.3 is 10.6 Å². The molecule has 1 amide bonds. The number of carbonyl (C=O) groups excluding carboxylic acids is 1. The highest BCUT2D eigenvalue weighted by Crippen LogP contribution is 2.22. The highest BCUT2D eigenvalue weighted by molar-refractivity contribution is 5.85. The maximum absolute atomic E-state index is 12.5. The normalized spacial score (nSPS) is 22.4. The minimum atomic E-state index is 0. The van der Waals surface area contributed by atoms with Crippen LogP contribution < -0.4 is 5.73 Å². The summed E-state index contributed by atoms with van der Waals surface area (Å²) in [5, 5.41) is 0. The number of piperidine rings is 1. The van der Waals surface area contributed by atoms with Crippen LogP contribution in [0.5, 0.6) is 0 Å². The molecule has 0 spiro atoms. The van der Waals surface area contributed by atoms with Crippen molar-refractivity contribution in [3.05, 3.63) is 29.8 Å². The van der Waals surface area contributed by atoms with Gasteiger partial charge >= 0.3 is 0 Å². The second-order valence-corrected chi connectivity index (χ2v) is 6.35. The van der Waals surface area contributed by atoms with Crippen molar-refractivity contribution in [3.63, 3.8) is 0 Å². The number of hydrogen-bond acceptors (Lipinski definition) is 3. The molecule has 2 aliphatic rings. The van der Waals surface area contributed by atoms with Crippen molar-refractivity contribution in [2.45, 2.75) is 32.2 Å². The number of carbonyl (C=O) groups is 1. The van der Waals surface area contributed by atoms with Crippen molar-refractivity contribution in [2.75, 3.05) is 31.9 Å². The Morgan fingerprint density at radius 3 is 2.68 bits per heavy atom. The van der Waals surface area contributed by atoms with Gasteiger partial charge in [0, 0.05) is 31.9 Å². The Morgan fingerprint density at radius 2 is 1.95 bits per heavy atom. The number of hydrogen-bond donors (Lipinski definition) is 1. The molecule has 1 unspecified atom stereocenters. The molecule has 122 valence electrons. The molecule has 0 saturated carbocycles. The Hall–Kier alpha value is -1.26. The van der Waals surface area contributed by atoms with Gasteiger partial charge in [0.2, 0.25) is 5.91 Å². The van der Waals surface area contributed by atoms with E-state index in [2.05, 4.69) is 15.9 Å². The molecule has 2 fully saturated rings. The van der Waals surface area contributed by atoms with Crippen LogP contribution in [-0.4, -0.2) is 41.9 Å². The third-order valence-electron chi connectivity index (χ3n) is 4.63. The van der Waals surface area contributed by atoms with Crippen LogP contribution in [-0.2, 0) is 11.3 Å². The molecule has 5 heteroatoms. The van der Waals surface area contributed by atoms with Gasteiger partial charge in [0.1, 0.15) is 0 Å². The van der Waals surface area contributed by atoms with Crippen LogP contribution in [0.4, 0.5) is 5.69 Å². The summed E-state index contributed by atoms with van der Waals surface area (Å²) in [4.78, 5) is 17.0. The zero-order valence-electron chi connectivity index (χ0n) is 13.0. The SMILES string of the molecule is Cl.Nc1cccc(CN2CCCC(C(=O)N3CCCC3)C2)c1. The Labute approximate surface area is 139 Å². The van der Waals surface area contributed by atoms with E-state index in [1.54, 1.807) is 0 Å². The number of likely N-dealkylation sites (tertiary alicyclic amines) is 2. The predicted molar refractivity (Wildman–Crippen MR) is 91.9 cm³/mol.